The highest BCUT2D eigenvalue weighted by atomic mass is 35.5. The summed E-state index contributed by atoms with van der Waals surface area (Å²) >= 11 is 5.93. The Hall–Kier alpha value is -1.06. The Bertz CT molecular complexity index is 488. The maximum atomic E-state index is 12.6. The molecule has 2 aliphatic heterocycles. The minimum absolute atomic E-state index is 0.270. The molecule has 1 aromatic carbocycles. The van der Waals surface area contributed by atoms with Crippen LogP contribution in [0.5, 0.6) is 0 Å². The molecule has 0 spiro atoms. The molecule has 3 rings (SSSR count). The fourth-order valence-corrected chi connectivity index (χ4v) is 3.84. The van der Waals surface area contributed by atoms with Crippen molar-refractivity contribution in [1.82, 2.24) is 4.90 Å². The van der Waals surface area contributed by atoms with Gasteiger partial charge in [-0.1, -0.05) is 23.7 Å². The second kappa shape index (κ2) is 7.47. The normalized spacial score (nSPS) is 26.0. The van der Waals surface area contributed by atoms with Gasteiger partial charge in [0.05, 0.1) is 13.1 Å². The lowest BCUT2D eigenvalue weighted by atomic mass is 9.94. The zero-order valence-corrected chi connectivity index (χ0v) is 13.9. The Balaban J connectivity index is 1.47. The van der Waals surface area contributed by atoms with Gasteiger partial charge < -0.3 is 9.80 Å². The molecule has 0 bridgehead atoms. The molecule has 0 radical (unpaired) electrons. The molecule has 1 aromatic rings. The molecule has 22 heavy (non-hydrogen) atoms. The topological polar surface area (TPSA) is 24.8 Å². The molecule has 3 nitrogen and oxygen atoms in total. The third-order valence-corrected chi connectivity index (χ3v) is 5.33. The van der Waals surface area contributed by atoms with E-state index in [1.165, 1.54) is 24.8 Å². The largest absolute Gasteiger partial charge is 0.342 e. The number of amides is 1. The minimum atomic E-state index is 0.270. The van der Waals surface area contributed by atoms with Crippen molar-refractivity contribution in [1.29, 1.82) is 0 Å². The molecule has 120 valence electrons. The summed E-state index contributed by atoms with van der Waals surface area (Å²) in [5.74, 6) is 0.692. The molecular weight excluding hydrogens is 296 g/mol. The number of carbonyl (C=O) groups is 1. The minimum Gasteiger partial charge on any atom is -0.342 e. The van der Waals surface area contributed by atoms with Crippen LogP contribution in [0.2, 0.25) is 5.02 Å². The van der Waals surface area contributed by atoms with Gasteiger partial charge >= 0.3 is 0 Å². The second-order valence-corrected chi connectivity index (χ2v) is 7.15. The Morgan fingerprint density at radius 3 is 2.36 bits per heavy atom. The molecule has 2 fully saturated rings. The highest BCUT2D eigenvalue weighted by molar-refractivity contribution is 6.30. The molecule has 2 aliphatic rings. The van der Waals surface area contributed by atoms with E-state index in [4.69, 9.17) is 11.6 Å². The van der Waals surface area contributed by atoms with E-state index in [1.54, 1.807) is 4.90 Å². The van der Waals surface area contributed by atoms with Gasteiger partial charge in [0.15, 0.2) is 0 Å². The zero-order chi connectivity index (χ0) is 15.4. The molecule has 1 amide bonds. The average Bonchev–Trinajstić information content (AvgIpc) is 2.58. The second-order valence-electron chi connectivity index (χ2n) is 6.71. The number of hydrogen-bond acceptors (Lipinski definition) is 1. The average molecular weight is 322 g/mol. The number of rotatable bonds is 3. The molecule has 0 aromatic heterocycles. The Morgan fingerprint density at radius 2 is 1.73 bits per heavy atom. The van der Waals surface area contributed by atoms with Crippen molar-refractivity contribution in [3.63, 3.8) is 0 Å². The SMILES string of the molecule is O=C(C1CC[NH+](Cc2ccc(Cl)cc2)CC1)N1CCCCC1. The molecule has 0 atom stereocenters. The summed E-state index contributed by atoms with van der Waals surface area (Å²) in [4.78, 5) is 16.3. The van der Waals surface area contributed by atoms with Gasteiger partial charge in [-0.3, -0.25) is 4.79 Å². The van der Waals surface area contributed by atoms with Gasteiger partial charge in [0.25, 0.3) is 0 Å². The van der Waals surface area contributed by atoms with Gasteiger partial charge in [-0.25, -0.2) is 0 Å². The van der Waals surface area contributed by atoms with E-state index in [0.717, 1.165) is 50.6 Å². The summed E-state index contributed by atoms with van der Waals surface area (Å²) in [5.41, 5.74) is 1.33. The first-order valence-corrected chi connectivity index (χ1v) is 8.97. The van der Waals surface area contributed by atoms with Crippen LogP contribution in [-0.4, -0.2) is 37.0 Å². The number of quaternary nitrogens is 1. The fraction of sp³-hybridized carbons (Fsp3) is 0.611. The molecule has 4 heteroatoms. The summed E-state index contributed by atoms with van der Waals surface area (Å²) in [6.45, 7) is 5.22. The maximum absolute atomic E-state index is 12.6. The highest BCUT2D eigenvalue weighted by Gasteiger charge is 2.30. The fourth-order valence-electron chi connectivity index (χ4n) is 3.71. The number of benzene rings is 1. The lowest BCUT2D eigenvalue weighted by Crippen LogP contribution is -3.11. The third kappa shape index (κ3) is 4.02. The maximum Gasteiger partial charge on any atom is 0.226 e. The Kier molecular flexibility index (Phi) is 5.37. The van der Waals surface area contributed by atoms with Crippen molar-refractivity contribution in [2.75, 3.05) is 26.2 Å². The molecule has 0 aliphatic carbocycles. The van der Waals surface area contributed by atoms with E-state index in [2.05, 4.69) is 17.0 Å². The van der Waals surface area contributed by atoms with Crippen LogP contribution < -0.4 is 4.90 Å². The van der Waals surface area contributed by atoms with Crippen LogP contribution in [0.3, 0.4) is 0 Å². The number of nitrogens with one attached hydrogen (secondary N) is 1. The van der Waals surface area contributed by atoms with Gasteiger partial charge in [0.2, 0.25) is 5.91 Å². The van der Waals surface area contributed by atoms with Crippen molar-refractivity contribution in [2.24, 2.45) is 5.92 Å². The first kappa shape index (κ1) is 15.8. The summed E-state index contributed by atoms with van der Waals surface area (Å²) < 4.78 is 0. The van der Waals surface area contributed by atoms with Gasteiger partial charge in [-0.05, 0) is 31.4 Å². The predicted molar refractivity (Wildman–Crippen MR) is 89.0 cm³/mol. The molecule has 2 heterocycles. The predicted octanol–water partition coefficient (Wildman–Crippen LogP) is 2.15. The Labute approximate surface area is 138 Å². The van der Waals surface area contributed by atoms with E-state index in [1.807, 2.05) is 12.1 Å². The van der Waals surface area contributed by atoms with Crippen LogP contribution in [0.4, 0.5) is 0 Å². The van der Waals surface area contributed by atoms with Crippen LogP contribution >= 0.6 is 11.6 Å². The van der Waals surface area contributed by atoms with E-state index in [9.17, 15) is 4.79 Å². The molecule has 0 unspecified atom stereocenters. The van der Waals surface area contributed by atoms with Crippen LogP contribution in [0, 0.1) is 5.92 Å². The van der Waals surface area contributed by atoms with Crippen molar-refractivity contribution in [3.8, 4) is 0 Å². The van der Waals surface area contributed by atoms with Crippen molar-refractivity contribution >= 4 is 17.5 Å². The van der Waals surface area contributed by atoms with Crippen LogP contribution in [0.1, 0.15) is 37.7 Å². The van der Waals surface area contributed by atoms with Crippen LogP contribution in [-0.2, 0) is 11.3 Å². The highest BCUT2D eigenvalue weighted by Crippen LogP contribution is 2.18. The summed E-state index contributed by atoms with van der Waals surface area (Å²) in [5, 5.41) is 0.796. The number of piperidine rings is 2. The summed E-state index contributed by atoms with van der Waals surface area (Å²) in [7, 11) is 0. The first-order valence-electron chi connectivity index (χ1n) is 8.59. The van der Waals surface area contributed by atoms with Crippen molar-refractivity contribution < 1.29 is 9.69 Å². The van der Waals surface area contributed by atoms with Gasteiger partial charge in [-0.2, -0.15) is 0 Å². The van der Waals surface area contributed by atoms with E-state index in [0.29, 0.717) is 5.91 Å². The van der Waals surface area contributed by atoms with Gasteiger partial charge in [0.1, 0.15) is 6.54 Å². The zero-order valence-electron chi connectivity index (χ0n) is 13.2. The number of halogens is 1. The number of nitrogens with zero attached hydrogens (tertiary/aromatic N) is 1. The number of likely N-dealkylation sites (tertiary alicyclic amines) is 2. The van der Waals surface area contributed by atoms with E-state index in [-0.39, 0.29) is 5.92 Å². The molecule has 2 saturated heterocycles. The van der Waals surface area contributed by atoms with Crippen molar-refractivity contribution in [2.45, 2.75) is 38.6 Å². The molecule has 0 saturated carbocycles. The van der Waals surface area contributed by atoms with Crippen LogP contribution in [0.15, 0.2) is 24.3 Å². The van der Waals surface area contributed by atoms with E-state index >= 15 is 0 Å². The lowest BCUT2D eigenvalue weighted by molar-refractivity contribution is -0.919. The Morgan fingerprint density at radius 1 is 1.09 bits per heavy atom. The van der Waals surface area contributed by atoms with Gasteiger partial charge in [-0.15, -0.1) is 0 Å². The third-order valence-electron chi connectivity index (χ3n) is 5.08. The quantitative estimate of drug-likeness (QED) is 0.906. The van der Waals surface area contributed by atoms with Gasteiger partial charge in [0, 0.05) is 42.4 Å². The first-order chi connectivity index (χ1) is 10.7. The summed E-state index contributed by atoms with van der Waals surface area (Å²) in [6.07, 6.45) is 5.74. The smallest absolute Gasteiger partial charge is 0.226 e. The van der Waals surface area contributed by atoms with Crippen molar-refractivity contribution in [3.05, 3.63) is 34.9 Å². The summed E-state index contributed by atoms with van der Waals surface area (Å²) in [6, 6.07) is 8.15. The van der Waals surface area contributed by atoms with E-state index < -0.39 is 0 Å². The molecule has 1 N–H and O–H groups in total. The lowest BCUT2D eigenvalue weighted by Gasteiger charge is -2.34. The molecular formula is C18H26ClN2O+. The number of carbonyl (C=O) groups excluding carboxylic acids is 1. The number of hydrogen-bond donors (Lipinski definition) is 1. The van der Waals surface area contributed by atoms with Crippen LogP contribution in [0.25, 0.3) is 0 Å². The monoisotopic (exact) mass is 321 g/mol. The standard InChI is InChI=1S/C18H25ClN2O/c19-17-6-4-15(5-7-17)14-20-12-8-16(9-13-20)18(22)21-10-2-1-3-11-21/h4-7,16H,1-3,8-14H2/p+1.